The van der Waals surface area contributed by atoms with E-state index in [9.17, 15) is 5.11 Å². The number of likely N-dealkylation sites (tertiary alicyclic amines) is 1. The van der Waals surface area contributed by atoms with Crippen molar-refractivity contribution in [2.75, 3.05) is 52.4 Å². The quantitative estimate of drug-likeness (QED) is 0.165. The van der Waals surface area contributed by atoms with E-state index in [0.29, 0.717) is 6.54 Å². The molecule has 0 bridgehead atoms. The predicted octanol–water partition coefficient (Wildman–Crippen LogP) is 3.74. The number of halogens is 2. The number of likely N-dealkylation sites (N-methyl/N-ethyl adjacent to an activating group) is 1. The van der Waals surface area contributed by atoms with E-state index >= 15 is 0 Å². The molecule has 0 radical (unpaired) electrons. The molecule has 8 heteroatoms. The van der Waals surface area contributed by atoms with Crippen molar-refractivity contribution < 1.29 is 5.11 Å². The molecule has 1 unspecified atom stereocenters. The van der Waals surface area contributed by atoms with Crippen LogP contribution in [0.25, 0.3) is 0 Å². The number of nitrogens with one attached hydrogen (secondary N) is 2. The van der Waals surface area contributed by atoms with E-state index < -0.39 is 0 Å². The SMILES string of the molecule is CCNC(=NCC(c1ccccc1Cl)N(CC)CC)NCCCN1CCC(O)CC1.I. The van der Waals surface area contributed by atoms with Crippen molar-refractivity contribution in [2.24, 2.45) is 4.99 Å². The summed E-state index contributed by atoms with van der Waals surface area (Å²) in [4.78, 5) is 9.73. The topological polar surface area (TPSA) is 63.1 Å². The van der Waals surface area contributed by atoms with Crippen LogP contribution in [0, 0.1) is 0 Å². The molecule has 0 spiro atoms. The minimum absolute atomic E-state index is 0. The number of aliphatic hydroxyl groups excluding tert-OH is 1. The Labute approximate surface area is 210 Å². The van der Waals surface area contributed by atoms with Crippen LogP contribution in [0.1, 0.15) is 51.6 Å². The molecule has 1 atom stereocenters. The standard InChI is InChI=1S/C23H40ClN5O.HI/c1-4-25-23(26-14-9-15-28-16-12-19(30)13-17-28)27-18-22(29(5-2)6-3)20-10-7-8-11-21(20)24;/h7-8,10-11,19,22,30H,4-6,9,12-18H2,1-3H3,(H2,25,26,27);1H. The second-order valence-electron chi connectivity index (χ2n) is 7.83. The van der Waals surface area contributed by atoms with Gasteiger partial charge in [0.25, 0.3) is 0 Å². The number of aliphatic imine (C=N–C) groups is 1. The molecule has 178 valence electrons. The molecule has 31 heavy (non-hydrogen) atoms. The molecule has 2 rings (SSSR count). The number of aliphatic hydroxyl groups is 1. The van der Waals surface area contributed by atoms with Crippen LogP contribution >= 0.6 is 35.6 Å². The Kier molecular flexibility index (Phi) is 14.7. The molecule has 1 aliphatic rings. The van der Waals surface area contributed by atoms with Crippen LogP contribution in [0.2, 0.25) is 5.02 Å². The summed E-state index contributed by atoms with van der Waals surface area (Å²) in [6.07, 6.45) is 2.74. The van der Waals surface area contributed by atoms with E-state index in [0.717, 1.165) is 81.6 Å². The van der Waals surface area contributed by atoms with E-state index in [2.05, 4.69) is 47.3 Å². The lowest BCUT2D eigenvalue weighted by atomic mass is 10.1. The van der Waals surface area contributed by atoms with Gasteiger partial charge in [-0.05, 0) is 57.5 Å². The fourth-order valence-electron chi connectivity index (χ4n) is 3.99. The molecule has 1 fully saturated rings. The van der Waals surface area contributed by atoms with Crippen molar-refractivity contribution in [3.8, 4) is 0 Å². The number of piperidine rings is 1. The Morgan fingerprint density at radius 3 is 2.48 bits per heavy atom. The second-order valence-corrected chi connectivity index (χ2v) is 8.24. The zero-order valence-electron chi connectivity index (χ0n) is 19.3. The average Bonchev–Trinajstić information content (AvgIpc) is 2.76. The fraction of sp³-hybridized carbons (Fsp3) is 0.696. The molecule has 1 heterocycles. The summed E-state index contributed by atoms with van der Waals surface area (Å²) in [6.45, 7) is 13.8. The van der Waals surface area contributed by atoms with Crippen molar-refractivity contribution in [1.82, 2.24) is 20.4 Å². The number of hydrogen-bond acceptors (Lipinski definition) is 4. The minimum Gasteiger partial charge on any atom is -0.393 e. The van der Waals surface area contributed by atoms with Gasteiger partial charge in [-0.1, -0.05) is 43.6 Å². The van der Waals surface area contributed by atoms with Crippen molar-refractivity contribution in [1.29, 1.82) is 0 Å². The van der Waals surface area contributed by atoms with Crippen molar-refractivity contribution in [2.45, 2.75) is 52.2 Å². The lowest BCUT2D eigenvalue weighted by Gasteiger charge is -2.30. The van der Waals surface area contributed by atoms with Gasteiger partial charge in [0.2, 0.25) is 0 Å². The zero-order valence-corrected chi connectivity index (χ0v) is 22.4. The van der Waals surface area contributed by atoms with Crippen LogP contribution in [-0.4, -0.2) is 79.3 Å². The Bertz CT molecular complexity index is 636. The maximum Gasteiger partial charge on any atom is 0.191 e. The van der Waals surface area contributed by atoms with Crippen molar-refractivity contribution in [3.05, 3.63) is 34.9 Å². The lowest BCUT2D eigenvalue weighted by molar-refractivity contribution is 0.0823. The van der Waals surface area contributed by atoms with E-state index in [1.165, 1.54) is 0 Å². The smallest absolute Gasteiger partial charge is 0.191 e. The first-order chi connectivity index (χ1) is 14.6. The Hall–Kier alpha value is -0.610. The molecule has 3 N–H and O–H groups in total. The summed E-state index contributed by atoms with van der Waals surface area (Å²) >= 11 is 6.51. The third kappa shape index (κ3) is 9.82. The lowest BCUT2D eigenvalue weighted by Crippen LogP contribution is -2.41. The number of guanidine groups is 1. The summed E-state index contributed by atoms with van der Waals surface area (Å²) in [5.74, 6) is 0.857. The van der Waals surface area contributed by atoms with Gasteiger partial charge >= 0.3 is 0 Å². The van der Waals surface area contributed by atoms with Crippen LogP contribution < -0.4 is 10.6 Å². The van der Waals surface area contributed by atoms with E-state index in [4.69, 9.17) is 16.6 Å². The first-order valence-corrected chi connectivity index (χ1v) is 11.9. The normalized spacial score (nSPS) is 16.8. The molecule has 0 amide bonds. The van der Waals surface area contributed by atoms with E-state index in [1.54, 1.807) is 0 Å². The number of nitrogens with zero attached hydrogens (tertiary/aromatic N) is 3. The Morgan fingerprint density at radius 1 is 1.19 bits per heavy atom. The van der Waals surface area contributed by atoms with Gasteiger partial charge in [-0.2, -0.15) is 0 Å². The van der Waals surface area contributed by atoms with Gasteiger partial charge in [-0.15, -0.1) is 24.0 Å². The van der Waals surface area contributed by atoms with E-state index in [1.807, 2.05) is 18.2 Å². The van der Waals surface area contributed by atoms with Gasteiger partial charge in [0.15, 0.2) is 5.96 Å². The maximum absolute atomic E-state index is 9.63. The fourth-order valence-corrected chi connectivity index (χ4v) is 4.25. The van der Waals surface area contributed by atoms with E-state index in [-0.39, 0.29) is 36.1 Å². The highest BCUT2D eigenvalue weighted by Gasteiger charge is 2.20. The summed E-state index contributed by atoms with van der Waals surface area (Å²) in [5.41, 5.74) is 1.13. The molecule has 0 saturated carbocycles. The summed E-state index contributed by atoms with van der Waals surface area (Å²) in [5, 5.41) is 17.3. The molecule has 1 aliphatic heterocycles. The number of rotatable bonds is 11. The molecule has 1 aromatic rings. The first kappa shape index (κ1) is 28.4. The van der Waals surface area contributed by atoms with Gasteiger partial charge in [0.1, 0.15) is 0 Å². The van der Waals surface area contributed by atoms with Crippen LogP contribution in [0.4, 0.5) is 0 Å². The first-order valence-electron chi connectivity index (χ1n) is 11.5. The van der Waals surface area contributed by atoms with Crippen LogP contribution in [0.5, 0.6) is 0 Å². The Balaban J connectivity index is 0.00000480. The van der Waals surface area contributed by atoms with Gasteiger partial charge < -0.3 is 20.6 Å². The largest absolute Gasteiger partial charge is 0.393 e. The second kappa shape index (κ2) is 16.1. The van der Waals surface area contributed by atoms with Gasteiger partial charge in [0, 0.05) is 31.2 Å². The van der Waals surface area contributed by atoms with Gasteiger partial charge in [-0.25, -0.2) is 0 Å². The molecule has 6 nitrogen and oxygen atoms in total. The highest BCUT2D eigenvalue weighted by atomic mass is 127. The molecule has 1 saturated heterocycles. The molecule has 0 aliphatic carbocycles. The van der Waals surface area contributed by atoms with Crippen molar-refractivity contribution >= 4 is 41.5 Å². The summed E-state index contributed by atoms with van der Waals surface area (Å²) in [7, 11) is 0. The number of hydrogen-bond donors (Lipinski definition) is 3. The summed E-state index contributed by atoms with van der Waals surface area (Å²) in [6, 6.07) is 8.24. The summed E-state index contributed by atoms with van der Waals surface area (Å²) < 4.78 is 0. The molecular formula is C23H41ClIN5O. The maximum atomic E-state index is 9.63. The third-order valence-electron chi connectivity index (χ3n) is 5.78. The Morgan fingerprint density at radius 2 is 1.87 bits per heavy atom. The van der Waals surface area contributed by atoms with Crippen molar-refractivity contribution in [3.63, 3.8) is 0 Å². The van der Waals surface area contributed by atoms with Crippen LogP contribution in [0.3, 0.4) is 0 Å². The average molecular weight is 566 g/mol. The molecule has 0 aromatic heterocycles. The molecule has 1 aromatic carbocycles. The van der Waals surface area contributed by atoms with Gasteiger partial charge in [0.05, 0.1) is 18.7 Å². The zero-order chi connectivity index (χ0) is 21.8. The van der Waals surface area contributed by atoms with Crippen LogP contribution in [-0.2, 0) is 0 Å². The highest BCUT2D eigenvalue weighted by molar-refractivity contribution is 14.0. The van der Waals surface area contributed by atoms with Crippen LogP contribution in [0.15, 0.2) is 29.3 Å². The predicted molar refractivity (Wildman–Crippen MR) is 143 cm³/mol. The van der Waals surface area contributed by atoms with Gasteiger partial charge in [-0.3, -0.25) is 9.89 Å². The highest BCUT2D eigenvalue weighted by Crippen LogP contribution is 2.27. The third-order valence-corrected chi connectivity index (χ3v) is 6.13. The molecular weight excluding hydrogens is 525 g/mol. The minimum atomic E-state index is -0.108. The monoisotopic (exact) mass is 565 g/mol. The number of benzene rings is 1.